The third-order valence-corrected chi connectivity index (χ3v) is 2.93. The lowest BCUT2D eigenvalue weighted by molar-refractivity contribution is 0.607. The van der Waals surface area contributed by atoms with Gasteiger partial charge in [0.15, 0.2) is 0 Å². The van der Waals surface area contributed by atoms with E-state index in [1.54, 1.807) is 10.9 Å². The van der Waals surface area contributed by atoms with Gasteiger partial charge in [0.05, 0.1) is 18.0 Å². The summed E-state index contributed by atoms with van der Waals surface area (Å²) in [5.41, 5.74) is 9.94. The molecule has 0 amide bonds. The van der Waals surface area contributed by atoms with Gasteiger partial charge in [-0.3, -0.25) is 5.32 Å². The molecule has 2 rings (SSSR count). The molecule has 7 heteroatoms. The Morgan fingerprint density at radius 2 is 2.24 bits per heavy atom. The van der Waals surface area contributed by atoms with Gasteiger partial charge >= 0.3 is 0 Å². The summed E-state index contributed by atoms with van der Waals surface area (Å²) in [5.74, 6) is 0. The van der Waals surface area contributed by atoms with Gasteiger partial charge in [-0.1, -0.05) is 23.3 Å². The van der Waals surface area contributed by atoms with E-state index in [2.05, 4.69) is 26.5 Å². The lowest BCUT2D eigenvalue weighted by Crippen LogP contribution is -2.21. The van der Waals surface area contributed by atoms with Crippen LogP contribution >= 0.6 is 0 Å². The Morgan fingerprint density at radius 3 is 2.95 bits per heavy atom. The Kier molecular flexibility index (Phi) is 5.35. The second-order valence-corrected chi connectivity index (χ2v) is 4.38. The average molecular weight is 281 g/mol. The first-order valence-corrected chi connectivity index (χ1v) is 6.59. The Labute approximate surface area is 122 Å². The van der Waals surface area contributed by atoms with Crippen LogP contribution < -0.4 is 5.32 Å². The number of azide groups is 1. The van der Waals surface area contributed by atoms with Crippen molar-refractivity contribution in [1.29, 1.82) is 5.26 Å². The van der Waals surface area contributed by atoms with Crippen molar-refractivity contribution in [1.82, 2.24) is 15.1 Å². The summed E-state index contributed by atoms with van der Waals surface area (Å²) in [6.45, 7) is 1.03. The Hall–Kier alpha value is -2.81. The van der Waals surface area contributed by atoms with Crippen LogP contribution in [0.5, 0.6) is 0 Å². The minimum absolute atomic E-state index is 0.422. The summed E-state index contributed by atoms with van der Waals surface area (Å²) in [7, 11) is 0. The molecule has 1 atom stereocenters. The second-order valence-electron chi connectivity index (χ2n) is 4.38. The summed E-state index contributed by atoms with van der Waals surface area (Å²) in [6.07, 6.45) is 4.21. The molecule has 0 spiro atoms. The largest absolute Gasteiger partial charge is 0.298 e. The highest BCUT2D eigenvalue weighted by Crippen LogP contribution is 2.14. The minimum atomic E-state index is -0.423. The van der Waals surface area contributed by atoms with E-state index in [-0.39, 0.29) is 0 Å². The highest BCUT2D eigenvalue weighted by molar-refractivity contribution is 5.32. The Morgan fingerprint density at radius 1 is 1.43 bits per heavy atom. The van der Waals surface area contributed by atoms with Gasteiger partial charge in [-0.25, -0.2) is 4.68 Å². The first-order chi connectivity index (χ1) is 10.3. The summed E-state index contributed by atoms with van der Waals surface area (Å²) >= 11 is 0. The van der Waals surface area contributed by atoms with Crippen molar-refractivity contribution in [2.75, 3.05) is 13.1 Å². The number of benzene rings is 1. The van der Waals surface area contributed by atoms with Crippen LogP contribution in [-0.2, 0) is 0 Å². The molecule has 1 unspecified atom stereocenters. The van der Waals surface area contributed by atoms with Crippen LogP contribution in [0.1, 0.15) is 18.0 Å². The first-order valence-electron chi connectivity index (χ1n) is 6.59. The molecular formula is C14H15N7. The van der Waals surface area contributed by atoms with Crippen LogP contribution in [0.25, 0.3) is 16.1 Å². The van der Waals surface area contributed by atoms with Crippen molar-refractivity contribution in [3.63, 3.8) is 0 Å². The van der Waals surface area contributed by atoms with Gasteiger partial charge in [-0.15, -0.1) is 0 Å². The van der Waals surface area contributed by atoms with E-state index >= 15 is 0 Å². The van der Waals surface area contributed by atoms with Gasteiger partial charge in [0, 0.05) is 23.2 Å². The fourth-order valence-corrected chi connectivity index (χ4v) is 1.89. The number of hydrogen-bond donors (Lipinski definition) is 1. The number of rotatable bonds is 7. The standard InChI is InChI=1S/C14H15N7/c15-9-14(17-7-4-8-18-20-16)12-10-19-21(11-12)13-5-2-1-3-6-13/h1-3,5-6,10-11,14,17H,4,7-8H2. The van der Waals surface area contributed by atoms with E-state index < -0.39 is 6.04 Å². The fourth-order valence-electron chi connectivity index (χ4n) is 1.89. The van der Waals surface area contributed by atoms with Gasteiger partial charge in [0.2, 0.25) is 0 Å². The summed E-state index contributed by atoms with van der Waals surface area (Å²) in [6, 6.07) is 11.5. The maximum absolute atomic E-state index is 9.23. The highest BCUT2D eigenvalue weighted by Gasteiger charge is 2.12. The van der Waals surface area contributed by atoms with Crippen LogP contribution in [0, 0.1) is 11.3 Å². The topological polar surface area (TPSA) is 102 Å². The van der Waals surface area contributed by atoms with Gasteiger partial charge in [0.25, 0.3) is 0 Å². The average Bonchev–Trinajstić information content (AvgIpc) is 3.01. The van der Waals surface area contributed by atoms with Crippen molar-refractivity contribution in [3.05, 3.63) is 58.7 Å². The van der Waals surface area contributed by atoms with E-state index in [0.29, 0.717) is 19.5 Å². The zero-order chi connectivity index (χ0) is 14.9. The highest BCUT2D eigenvalue weighted by atomic mass is 15.3. The Bertz CT molecular complexity index is 649. The molecule has 1 N–H and O–H groups in total. The zero-order valence-electron chi connectivity index (χ0n) is 11.4. The van der Waals surface area contributed by atoms with Crippen LogP contribution in [0.15, 0.2) is 47.8 Å². The Balaban J connectivity index is 1.98. The summed E-state index contributed by atoms with van der Waals surface area (Å²) in [4.78, 5) is 2.69. The van der Waals surface area contributed by atoms with Gasteiger partial charge in [-0.2, -0.15) is 10.4 Å². The van der Waals surface area contributed by atoms with Crippen molar-refractivity contribution in [3.8, 4) is 11.8 Å². The maximum atomic E-state index is 9.23. The van der Waals surface area contributed by atoms with Crippen molar-refractivity contribution in [2.24, 2.45) is 5.11 Å². The molecule has 0 aliphatic carbocycles. The first kappa shape index (κ1) is 14.6. The summed E-state index contributed by atoms with van der Waals surface area (Å²) in [5, 5.41) is 20.1. The molecule has 0 bridgehead atoms. The molecule has 0 aliphatic heterocycles. The van der Waals surface area contributed by atoms with Crippen molar-refractivity contribution in [2.45, 2.75) is 12.5 Å². The molecule has 1 aromatic carbocycles. The number of para-hydroxylation sites is 1. The predicted molar refractivity (Wildman–Crippen MR) is 78.6 cm³/mol. The molecule has 0 aliphatic rings. The van der Waals surface area contributed by atoms with E-state index in [9.17, 15) is 5.26 Å². The molecule has 0 fully saturated rings. The normalized spacial score (nSPS) is 11.4. The number of nitriles is 1. The van der Waals surface area contributed by atoms with Crippen LogP contribution in [0.2, 0.25) is 0 Å². The van der Waals surface area contributed by atoms with Gasteiger partial charge < -0.3 is 0 Å². The lowest BCUT2D eigenvalue weighted by atomic mass is 10.2. The summed E-state index contributed by atoms with van der Waals surface area (Å²) < 4.78 is 1.74. The van der Waals surface area contributed by atoms with E-state index in [4.69, 9.17) is 5.53 Å². The molecule has 2 aromatic rings. The number of aromatic nitrogens is 2. The number of nitrogens with zero attached hydrogens (tertiary/aromatic N) is 6. The monoisotopic (exact) mass is 281 g/mol. The molecule has 1 aromatic heterocycles. The quantitative estimate of drug-likeness (QED) is 0.365. The fraction of sp³-hybridized carbons (Fsp3) is 0.286. The van der Waals surface area contributed by atoms with E-state index in [0.717, 1.165) is 11.3 Å². The van der Waals surface area contributed by atoms with E-state index in [1.165, 1.54) is 0 Å². The molecule has 7 nitrogen and oxygen atoms in total. The molecule has 0 radical (unpaired) electrons. The zero-order valence-corrected chi connectivity index (χ0v) is 11.4. The van der Waals surface area contributed by atoms with Crippen molar-refractivity contribution < 1.29 is 0 Å². The van der Waals surface area contributed by atoms with Crippen LogP contribution in [0.4, 0.5) is 0 Å². The third kappa shape index (κ3) is 4.08. The molecule has 0 saturated carbocycles. The van der Waals surface area contributed by atoms with Crippen LogP contribution in [0.3, 0.4) is 0 Å². The molecule has 21 heavy (non-hydrogen) atoms. The van der Waals surface area contributed by atoms with Crippen molar-refractivity contribution >= 4 is 0 Å². The number of hydrogen-bond acceptors (Lipinski definition) is 4. The third-order valence-electron chi connectivity index (χ3n) is 2.93. The molecule has 106 valence electrons. The lowest BCUT2D eigenvalue weighted by Gasteiger charge is -2.08. The molecule has 1 heterocycles. The SMILES string of the molecule is N#CC(NCCCN=[N+]=[N-])c1cnn(-c2ccccc2)c1. The smallest absolute Gasteiger partial charge is 0.124 e. The van der Waals surface area contributed by atoms with Crippen LogP contribution in [-0.4, -0.2) is 22.9 Å². The van der Waals surface area contributed by atoms with Gasteiger partial charge in [0.1, 0.15) is 6.04 Å². The molecule has 0 saturated heterocycles. The number of nitrogens with one attached hydrogen (secondary N) is 1. The predicted octanol–water partition coefficient (Wildman–Crippen LogP) is 2.73. The molecular weight excluding hydrogens is 266 g/mol. The van der Waals surface area contributed by atoms with E-state index in [1.807, 2.05) is 36.5 Å². The minimum Gasteiger partial charge on any atom is -0.298 e. The maximum Gasteiger partial charge on any atom is 0.124 e. The van der Waals surface area contributed by atoms with Gasteiger partial charge in [-0.05, 0) is 30.6 Å². The second kappa shape index (κ2) is 7.70.